The van der Waals surface area contributed by atoms with E-state index in [1.54, 1.807) is 24.7 Å². The predicted octanol–water partition coefficient (Wildman–Crippen LogP) is 2.98. The summed E-state index contributed by atoms with van der Waals surface area (Å²) < 4.78 is 5.37. The molecule has 1 saturated carbocycles. The highest BCUT2D eigenvalue weighted by molar-refractivity contribution is 6.29. The number of rotatable bonds is 3. The van der Waals surface area contributed by atoms with E-state index in [-0.39, 0.29) is 5.41 Å². The Morgan fingerprint density at radius 1 is 1.24 bits per heavy atom. The maximum atomic E-state index is 5.87. The number of aromatic amines is 1. The minimum absolute atomic E-state index is 0.205. The minimum atomic E-state index is -0.205. The molecule has 0 spiro atoms. The van der Waals surface area contributed by atoms with Gasteiger partial charge < -0.3 is 4.52 Å². The summed E-state index contributed by atoms with van der Waals surface area (Å²) in [6.07, 6.45) is 8.30. The predicted molar refractivity (Wildman–Crippen MR) is 75.8 cm³/mol. The molecule has 6 nitrogen and oxygen atoms in total. The Balaban J connectivity index is 1.75. The zero-order valence-corrected chi connectivity index (χ0v) is 11.8. The second-order valence-electron chi connectivity index (χ2n) is 5.22. The Morgan fingerprint density at radius 3 is 2.76 bits per heavy atom. The molecular formula is C14H12ClN5O. The minimum Gasteiger partial charge on any atom is -0.334 e. The van der Waals surface area contributed by atoms with E-state index in [2.05, 4.69) is 25.3 Å². The summed E-state index contributed by atoms with van der Waals surface area (Å²) >= 11 is 5.87. The van der Waals surface area contributed by atoms with E-state index in [1.807, 2.05) is 6.07 Å². The van der Waals surface area contributed by atoms with Gasteiger partial charge in [0.05, 0.1) is 17.2 Å². The number of nitrogens with zero attached hydrogens (tertiary/aromatic N) is 4. The average Bonchev–Trinajstić information content (AvgIpc) is 3.10. The van der Waals surface area contributed by atoms with Crippen LogP contribution in [0, 0.1) is 0 Å². The van der Waals surface area contributed by atoms with Gasteiger partial charge >= 0.3 is 0 Å². The summed E-state index contributed by atoms with van der Waals surface area (Å²) in [5.41, 5.74) is 1.67. The lowest BCUT2D eigenvalue weighted by Gasteiger charge is -2.39. The topological polar surface area (TPSA) is 80.5 Å². The fourth-order valence-electron chi connectivity index (χ4n) is 2.73. The third kappa shape index (κ3) is 1.94. The molecule has 106 valence electrons. The van der Waals surface area contributed by atoms with E-state index in [0.717, 1.165) is 30.4 Å². The second-order valence-corrected chi connectivity index (χ2v) is 5.60. The number of pyridine rings is 1. The first-order valence-electron chi connectivity index (χ1n) is 6.73. The molecule has 1 N–H and O–H groups in total. The van der Waals surface area contributed by atoms with Crippen molar-refractivity contribution in [3.8, 4) is 11.5 Å². The van der Waals surface area contributed by atoms with Gasteiger partial charge in [-0.15, -0.1) is 0 Å². The van der Waals surface area contributed by atoms with Crippen LogP contribution < -0.4 is 0 Å². The Hall–Kier alpha value is -2.21. The van der Waals surface area contributed by atoms with Crippen molar-refractivity contribution in [2.24, 2.45) is 0 Å². The van der Waals surface area contributed by atoms with Gasteiger partial charge in [0.15, 0.2) is 5.82 Å². The van der Waals surface area contributed by atoms with Crippen molar-refractivity contribution >= 4 is 11.6 Å². The molecule has 0 amide bonds. The number of hydrogen-bond donors (Lipinski definition) is 1. The molecule has 3 heterocycles. The molecule has 0 saturated heterocycles. The van der Waals surface area contributed by atoms with E-state index in [4.69, 9.17) is 16.1 Å². The van der Waals surface area contributed by atoms with Gasteiger partial charge in [0.2, 0.25) is 0 Å². The highest BCUT2D eigenvalue weighted by atomic mass is 35.5. The molecule has 0 bridgehead atoms. The van der Waals surface area contributed by atoms with Crippen LogP contribution in [0.3, 0.4) is 0 Å². The summed E-state index contributed by atoms with van der Waals surface area (Å²) in [6, 6.07) is 3.79. The van der Waals surface area contributed by atoms with E-state index in [1.165, 1.54) is 0 Å². The van der Waals surface area contributed by atoms with Gasteiger partial charge in [-0.05, 0) is 24.5 Å². The average molecular weight is 302 g/mol. The van der Waals surface area contributed by atoms with Crippen LogP contribution in [0.5, 0.6) is 0 Å². The van der Waals surface area contributed by atoms with Crippen LogP contribution in [0.25, 0.3) is 11.5 Å². The summed E-state index contributed by atoms with van der Waals surface area (Å²) in [4.78, 5) is 8.72. The second kappa shape index (κ2) is 4.66. The quantitative estimate of drug-likeness (QED) is 0.752. The van der Waals surface area contributed by atoms with Crippen molar-refractivity contribution in [1.82, 2.24) is 25.3 Å². The van der Waals surface area contributed by atoms with Crippen LogP contribution in [0.2, 0.25) is 5.15 Å². The van der Waals surface area contributed by atoms with E-state index in [9.17, 15) is 0 Å². The normalized spacial score (nSPS) is 16.6. The summed E-state index contributed by atoms with van der Waals surface area (Å²) in [6.45, 7) is 0. The standard InChI is InChI=1S/C14H12ClN5O/c15-11-3-2-10(8-16-11)14(4-1-5-14)13-19-12(21-20-13)9-6-17-18-7-9/h2-3,6-8H,1,4-5H2,(H,17,18). The lowest BCUT2D eigenvalue weighted by atomic mass is 9.64. The van der Waals surface area contributed by atoms with E-state index < -0.39 is 0 Å². The summed E-state index contributed by atoms with van der Waals surface area (Å²) in [5, 5.41) is 11.3. The number of nitrogens with one attached hydrogen (secondary N) is 1. The number of hydrogen-bond acceptors (Lipinski definition) is 5. The van der Waals surface area contributed by atoms with Gasteiger partial charge in [-0.2, -0.15) is 10.1 Å². The van der Waals surface area contributed by atoms with Crippen molar-refractivity contribution in [2.45, 2.75) is 24.7 Å². The van der Waals surface area contributed by atoms with Crippen LogP contribution in [0.15, 0.2) is 35.2 Å². The van der Waals surface area contributed by atoms with Crippen molar-refractivity contribution in [2.75, 3.05) is 0 Å². The Kier molecular flexibility index (Phi) is 2.78. The molecule has 0 aliphatic heterocycles. The zero-order chi connectivity index (χ0) is 14.3. The number of aromatic nitrogens is 5. The molecule has 0 unspecified atom stereocenters. The van der Waals surface area contributed by atoms with Gasteiger partial charge in [0.25, 0.3) is 5.89 Å². The lowest BCUT2D eigenvalue weighted by Crippen LogP contribution is -2.36. The van der Waals surface area contributed by atoms with Crippen LogP contribution >= 0.6 is 11.6 Å². The fraction of sp³-hybridized carbons (Fsp3) is 0.286. The molecule has 0 aromatic carbocycles. The van der Waals surface area contributed by atoms with Crippen molar-refractivity contribution in [3.05, 3.63) is 47.3 Å². The van der Waals surface area contributed by atoms with Gasteiger partial charge in [-0.3, -0.25) is 5.10 Å². The van der Waals surface area contributed by atoms with Crippen LogP contribution in [-0.4, -0.2) is 25.3 Å². The van der Waals surface area contributed by atoms with Crippen LogP contribution in [0.4, 0.5) is 0 Å². The number of halogens is 1. The van der Waals surface area contributed by atoms with Gasteiger partial charge in [-0.25, -0.2) is 4.98 Å². The Morgan fingerprint density at radius 2 is 2.14 bits per heavy atom. The van der Waals surface area contributed by atoms with Gasteiger partial charge in [-0.1, -0.05) is 29.2 Å². The summed E-state index contributed by atoms with van der Waals surface area (Å²) in [7, 11) is 0. The highest BCUT2D eigenvalue weighted by Crippen LogP contribution is 2.47. The van der Waals surface area contributed by atoms with E-state index >= 15 is 0 Å². The first-order chi connectivity index (χ1) is 10.3. The fourth-order valence-corrected chi connectivity index (χ4v) is 2.85. The lowest BCUT2D eigenvalue weighted by molar-refractivity contribution is 0.272. The van der Waals surface area contributed by atoms with Crippen molar-refractivity contribution in [3.63, 3.8) is 0 Å². The molecule has 21 heavy (non-hydrogen) atoms. The highest BCUT2D eigenvalue weighted by Gasteiger charge is 2.44. The molecule has 1 fully saturated rings. The maximum Gasteiger partial charge on any atom is 0.261 e. The molecule has 3 aromatic rings. The van der Waals surface area contributed by atoms with Gasteiger partial charge in [0.1, 0.15) is 5.15 Å². The molecule has 4 rings (SSSR count). The first-order valence-corrected chi connectivity index (χ1v) is 7.11. The molecule has 0 atom stereocenters. The monoisotopic (exact) mass is 301 g/mol. The Labute approximate surface area is 125 Å². The molecule has 7 heteroatoms. The molecular weight excluding hydrogens is 290 g/mol. The van der Waals surface area contributed by atoms with Crippen LogP contribution in [0.1, 0.15) is 30.7 Å². The Bertz CT molecular complexity index is 746. The molecule has 0 radical (unpaired) electrons. The largest absolute Gasteiger partial charge is 0.334 e. The summed E-state index contributed by atoms with van der Waals surface area (Å²) in [5.74, 6) is 1.18. The molecule has 3 aromatic heterocycles. The first kappa shape index (κ1) is 12.5. The zero-order valence-electron chi connectivity index (χ0n) is 11.1. The molecule has 1 aliphatic carbocycles. The maximum absolute atomic E-state index is 5.87. The van der Waals surface area contributed by atoms with Crippen molar-refractivity contribution < 1.29 is 4.52 Å². The third-order valence-electron chi connectivity index (χ3n) is 4.09. The smallest absolute Gasteiger partial charge is 0.261 e. The van der Waals surface area contributed by atoms with Crippen molar-refractivity contribution in [1.29, 1.82) is 0 Å². The van der Waals surface area contributed by atoms with Crippen LogP contribution in [-0.2, 0) is 5.41 Å². The third-order valence-corrected chi connectivity index (χ3v) is 4.31. The number of H-pyrrole nitrogens is 1. The SMILES string of the molecule is Clc1ccc(C2(c3noc(-c4cn[nH]c4)n3)CCC2)cn1. The van der Waals surface area contributed by atoms with E-state index in [0.29, 0.717) is 16.9 Å². The van der Waals surface area contributed by atoms with Gasteiger partial charge in [0, 0.05) is 12.4 Å². The molecule has 1 aliphatic rings.